The molecule has 7 heteroatoms. The van der Waals surface area contributed by atoms with Gasteiger partial charge in [-0.1, -0.05) is 23.7 Å². The number of carbonyl (C=O) groups excluding carboxylic acids is 1. The number of carbonyl (C=O) groups is 2. The van der Waals surface area contributed by atoms with Crippen LogP contribution >= 0.6 is 22.9 Å². The SMILES string of the molecule is Cc1nc(-c2ccc(Cl)cc2)sc1C(C)NC(=O)CC(C)(C)C(=O)O. The number of benzene rings is 1. The fraction of sp³-hybridized carbons (Fsp3) is 0.389. The first-order valence-corrected chi connectivity index (χ1v) is 9.05. The quantitative estimate of drug-likeness (QED) is 0.775. The molecule has 0 saturated heterocycles. The van der Waals surface area contributed by atoms with Crippen LogP contribution in [0.4, 0.5) is 0 Å². The van der Waals surface area contributed by atoms with Crippen LogP contribution in [0.3, 0.4) is 0 Å². The van der Waals surface area contributed by atoms with E-state index in [-0.39, 0.29) is 18.4 Å². The Hall–Kier alpha value is -1.92. The van der Waals surface area contributed by atoms with Gasteiger partial charge in [0.2, 0.25) is 5.91 Å². The van der Waals surface area contributed by atoms with Crippen LogP contribution in [-0.4, -0.2) is 22.0 Å². The number of carboxylic acid groups (broad SMARTS) is 1. The summed E-state index contributed by atoms with van der Waals surface area (Å²) < 4.78 is 0. The smallest absolute Gasteiger partial charge is 0.309 e. The van der Waals surface area contributed by atoms with Crippen LogP contribution in [0.2, 0.25) is 5.02 Å². The van der Waals surface area contributed by atoms with Crippen molar-refractivity contribution in [2.45, 2.75) is 40.2 Å². The van der Waals surface area contributed by atoms with Gasteiger partial charge in [-0.2, -0.15) is 0 Å². The summed E-state index contributed by atoms with van der Waals surface area (Å²) in [7, 11) is 0. The van der Waals surface area contributed by atoms with Gasteiger partial charge < -0.3 is 10.4 Å². The Kier molecular flexibility index (Phi) is 5.85. The molecule has 0 bridgehead atoms. The number of aryl methyl sites for hydroxylation is 1. The minimum absolute atomic E-state index is 0.0748. The number of thiazole rings is 1. The van der Waals surface area contributed by atoms with E-state index in [1.807, 2.05) is 38.1 Å². The number of rotatable bonds is 6. The van der Waals surface area contributed by atoms with Crippen LogP contribution in [0.25, 0.3) is 10.6 Å². The zero-order chi connectivity index (χ0) is 18.8. The number of nitrogens with one attached hydrogen (secondary N) is 1. The van der Waals surface area contributed by atoms with Crippen molar-refractivity contribution in [2.24, 2.45) is 5.41 Å². The third kappa shape index (κ3) is 4.80. The standard InChI is InChI=1S/C18H21ClN2O3S/c1-10(20-14(22)9-18(3,4)17(23)24)15-11(2)21-16(25-15)12-5-7-13(19)8-6-12/h5-8,10H,9H2,1-4H3,(H,20,22)(H,23,24). The fourth-order valence-electron chi connectivity index (χ4n) is 2.36. The van der Waals surface area contributed by atoms with E-state index < -0.39 is 11.4 Å². The number of carboxylic acids is 1. The molecular weight excluding hydrogens is 360 g/mol. The highest BCUT2D eigenvalue weighted by molar-refractivity contribution is 7.15. The Morgan fingerprint density at radius 2 is 1.92 bits per heavy atom. The number of halogens is 1. The van der Waals surface area contributed by atoms with Crippen LogP contribution < -0.4 is 5.32 Å². The first kappa shape index (κ1) is 19.4. The molecule has 134 valence electrons. The molecule has 0 fully saturated rings. The fourth-order valence-corrected chi connectivity index (χ4v) is 3.56. The second kappa shape index (κ2) is 7.54. The van der Waals surface area contributed by atoms with Crippen molar-refractivity contribution in [1.29, 1.82) is 0 Å². The van der Waals surface area contributed by atoms with E-state index in [2.05, 4.69) is 10.3 Å². The van der Waals surface area contributed by atoms with Crippen molar-refractivity contribution in [2.75, 3.05) is 0 Å². The van der Waals surface area contributed by atoms with Crippen molar-refractivity contribution >= 4 is 34.8 Å². The molecule has 0 aliphatic heterocycles. The molecule has 1 unspecified atom stereocenters. The third-order valence-corrected chi connectivity index (χ3v) is 5.52. The Labute approximate surface area is 156 Å². The van der Waals surface area contributed by atoms with Gasteiger partial charge in [-0.25, -0.2) is 4.98 Å². The maximum absolute atomic E-state index is 12.2. The molecule has 25 heavy (non-hydrogen) atoms. The first-order valence-electron chi connectivity index (χ1n) is 7.86. The van der Waals surface area contributed by atoms with E-state index in [1.165, 1.54) is 25.2 Å². The molecule has 1 aromatic carbocycles. The van der Waals surface area contributed by atoms with Crippen LogP contribution in [-0.2, 0) is 9.59 Å². The molecule has 0 aliphatic rings. The molecule has 0 spiro atoms. The second-order valence-corrected chi connectivity index (χ2v) is 8.10. The molecule has 2 aromatic rings. The van der Waals surface area contributed by atoms with Crippen LogP contribution in [0.1, 0.15) is 43.8 Å². The number of nitrogens with zero attached hydrogens (tertiary/aromatic N) is 1. The third-order valence-electron chi connectivity index (χ3n) is 3.88. The molecule has 2 N–H and O–H groups in total. The van der Waals surface area contributed by atoms with Gasteiger partial charge in [0.15, 0.2) is 0 Å². The minimum atomic E-state index is -1.10. The Morgan fingerprint density at radius 3 is 2.48 bits per heavy atom. The lowest BCUT2D eigenvalue weighted by atomic mass is 9.89. The van der Waals surface area contributed by atoms with Gasteiger partial charge in [-0.15, -0.1) is 11.3 Å². The number of aliphatic carboxylic acids is 1. The largest absolute Gasteiger partial charge is 0.481 e. The number of hydrogen-bond donors (Lipinski definition) is 2. The summed E-state index contributed by atoms with van der Waals surface area (Å²) in [6.07, 6.45) is -0.0748. The van der Waals surface area contributed by atoms with E-state index in [0.29, 0.717) is 5.02 Å². The summed E-state index contributed by atoms with van der Waals surface area (Å²) in [6, 6.07) is 7.20. The van der Waals surface area contributed by atoms with E-state index >= 15 is 0 Å². The zero-order valence-electron chi connectivity index (χ0n) is 14.6. The van der Waals surface area contributed by atoms with Crippen LogP contribution in [0.5, 0.6) is 0 Å². The highest BCUT2D eigenvalue weighted by Crippen LogP contribution is 2.32. The van der Waals surface area contributed by atoms with Crippen molar-refractivity contribution < 1.29 is 14.7 Å². The maximum atomic E-state index is 12.2. The van der Waals surface area contributed by atoms with Gasteiger partial charge in [-0.3, -0.25) is 9.59 Å². The van der Waals surface area contributed by atoms with Gasteiger partial charge >= 0.3 is 5.97 Å². The van der Waals surface area contributed by atoms with Crippen LogP contribution in [0.15, 0.2) is 24.3 Å². The summed E-state index contributed by atoms with van der Waals surface area (Å²) in [4.78, 5) is 28.8. The molecule has 5 nitrogen and oxygen atoms in total. The van der Waals surface area contributed by atoms with Gasteiger partial charge in [0.25, 0.3) is 0 Å². The van der Waals surface area contributed by atoms with Crippen molar-refractivity contribution in [3.05, 3.63) is 39.9 Å². The molecule has 0 aliphatic carbocycles. The topological polar surface area (TPSA) is 79.3 Å². The van der Waals surface area contributed by atoms with E-state index in [4.69, 9.17) is 16.7 Å². The molecule has 1 heterocycles. The Morgan fingerprint density at radius 1 is 1.32 bits per heavy atom. The molecule has 1 amide bonds. The van der Waals surface area contributed by atoms with E-state index in [9.17, 15) is 9.59 Å². The minimum Gasteiger partial charge on any atom is -0.481 e. The lowest BCUT2D eigenvalue weighted by Crippen LogP contribution is -2.34. The van der Waals surface area contributed by atoms with Gasteiger partial charge in [0, 0.05) is 17.0 Å². The van der Waals surface area contributed by atoms with Gasteiger partial charge in [0.1, 0.15) is 5.01 Å². The van der Waals surface area contributed by atoms with E-state index in [0.717, 1.165) is 21.1 Å². The first-order chi connectivity index (χ1) is 11.6. The average molecular weight is 381 g/mol. The summed E-state index contributed by atoms with van der Waals surface area (Å²) in [5, 5.41) is 13.5. The van der Waals surface area contributed by atoms with Crippen molar-refractivity contribution in [3.8, 4) is 10.6 Å². The lowest BCUT2D eigenvalue weighted by molar-refractivity contribution is -0.149. The maximum Gasteiger partial charge on any atom is 0.309 e. The summed E-state index contributed by atoms with van der Waals surface area (Å²) in [5.74, 6) is -1.28. The summed E-state index contributed by atoms with van der Waals surface area (Å²) in [5.41, 5.74) is 0.718. The molecule has 1 atom stereocenters. The zero-order valence-corrected chi connectivity index (χ0v) is 16.2. The molecule has 1 aromatic heterocycles. The predicted octanol–water partition coefficient (Wildman–Crippen LogP) is 4.45. The number of hydrogen-bond acceptors (Lipinski definition) is 4. The normalized spacial score (nSPS) is 12.7. The summed E-state index contributed by atoms with van der Waals surface area (Å²) in [6.45, 7) is 6.85. The van der Waals surface area contributed by atoms with E-state index in [1.54, 1.807) is 0 Å². The predicted molar refractivity (Wildman–Crippen MR) is 99.9 cm³/mol. The van der Waals surface area contributed by atoms with Crippen molar-refractivity contribution in [1.82, 2.24) is 10.3 Å². The lowest BCUT2D eigenvalue weighted by Gasteiger charge is -2.20. The Balaban J connectivity index is 2.12. The number of aromatic nitrogens is 1. The highest BCUT2D eigenvalue weighted by atomic mass is 35.5. The monoisotopic (exact) mass is 380 g/mol. The average Bonchev–Trinajstić information content (AvgIpc) is 2.89. The molecule has 0 saturated carbocycles. The molecular formula is C18H21ClN2O3S. The van der Waals surface area contributed by atoms with Gasteiger partial charge in [-0.05, 0) is 39.8 Å². The Bertz CT molecular complexity index is 784. The van der Waals surface area contributed by atoms with Gasteiger partial charge in [0.05, 0.1) is 22.0 Å². The summed E-state index contributed by atoms with van der Waals surface area (Å²) >= 11 is 7.42. The number of amides is 1. The van der Waals surface area contributed by atoms with Crippen molar-refractivity contribution in [3.63, 3.8) is 0 Å². The second-order valence-electron chi connectivity index (χ2n) is 6.63. The molecule has 0 radical (unpaired) electrons. The highest BCUT2D eigenvalue weighted by Gasteiger charge is 2.31. The van der Waals surface area contributed by atoms with Crippen LogP contribution in [0, 0.1) is 12.3 Å². The molecule has 2 rings (SSSR count).